The van der Waals surface area contributed by atoms with E-state index in [1.807, 2.05) is 24.3 Å². The van der Waals surface area contributed by atoms with Crippen LogP contribution in [0.4, 0.5) is 4.79 Å². The van der Waals surface area contributed by atoms with Crippen LogP contribution in [0.2, 0.25) is 0 Å². The number of hydrogen-bond donors (Lipinski definition) is 3. The number of carboxylic acid groups (broad SMARTS) is 1. The number of rotatable bonds is 5. The van der Waals surface area contributed by atoms with Gasteiger partial charge in [-0.25, -0.2) is 4.79 Å². The summed E-state index contributed by atoms with van der Waals surface area (Å²) in [4.78, 5) is 23.1. The number of carbonyl (C=O) groups excluding carboxylic acids is 1. The Labute approximate surface area is 157 Å². The number of amides is 1. The van der Waals surface area contributed by atoms with Crippen molar-refractivity contribution in [3.05, 3.63) is 59.7 Å². The van der Waals surface area contributed by atoms with E-state index >= 15 is 0 Å². The monoisotopic (exact) mass is 366 g/mol. The van der Waals surface area contributed by atoms with E-state index in [9.17, 15) is 9.59 Å². The third-order valence-electron chi connectivity index (χ3n) is 5.40. The van der Waals surface area contributed by atoms with Crippen molar-refractivity contribution >= 4 is 12.1 Å². The lowest BCUT2D eigenvalue weighted by Gasteiger charge is -2.15. The maximum absolute atomic E-state index is 12.1. The van der Waals surface area contributed by atoms with Crippen LogP contribution in [0.25, 0.3) is 11.1 Å². The van der Waals surface area contributed by atoms with Crippen LogP contribution >= 0.6 is 0 Å². The molecular formula is C21H22N2O4. The minimum atomic E-state index is -0.848. The highest BCUT2D eigenvalue weighted by Crippen LogP contribution is 2.44. The molecule has 2 atom stereocenters. The zero-order chi connectivity index (χ0) is 18.8. The average molecular weight is 366 g/mol. The first-order valence-corrected chi connectivity index (χ1v) is 9.18. The molecule has 0 radical (unpaired) electrons. The van der Waals surface area contributed by atoms with Gasteiger partial charge in [0, 0.05) is 19.0 Å². The number of carbonyl (C=O) groups is 2. The molecule has 3 N–H and O–H groups in total. The first-order chi connectivity index (χ1) is 13.1. The van der Waals surface area contributed by atoms with Crippen LogP contribution in [0, 0.1) is 5.92 Å². The van der Waals surface area contributed by atoms with Gasteiger partial charge in [0.2, 0.25) is 0 Å². The van der Waals surface area contributed by atoms with Gasteiger partial charge in [-0.05, 0) is 34.6 Å². The Morgan fingerprint density at radius 3 is 2.30 bits per heavy atom. The van der Waals surface area contributed by atoms with Crippen molar-refractivity contribution < 1.29 is 19.4 Å². The first-order valence-electron chi connectivity index (χ1n) is 9.18. The summed E-state index contributed by atoms with van der Waals surface area (Å²) < 4.78 is 5.49. The zero-order valence-electron chi connectivity index (χ0n) is 14.9. The van der Waals surface area contributed by atoms with E-state index < -0.39 is 18.1 Å². The number of carboxylic acids is 1. The minimum absolute atomic E-state index is 0.0349. The molecule has 0 saturated carbocycles. The summed E-state index contributed by atoms with van der Waals surface area (Å²) in [5.41, 5.74) is 4.74. The van der Waals surface area contributed by atoms with Crippen molar-refractivity contribution in [1.82, 2.24) is 10.6 Å². The molecule has 2 aromatic carbocycles. The molecule has 1 aliphatic heterocycles. The van der Waals surface area contributed by atoms with E-state index in [1.165, 1.54) is 22.3 Å². The Kier molecular flexibility index (Phi) is 4.81. The molecule has 1 unspecified atom stereocenters. The van der Waals surface area contributed by atoms with Crippen LogP contribution in [0.1, 0.15) is 23.5 Å². The van der Waals surface area contributed by atoms with Crippen LogP contribution in [0.15, 0.2) is 48.5 Å². The van der Waals surface area contributed by atoms with Gasteiger partial charge < -0.3 is 20.5 Å². The predicted octanol–water partition coefficient (Wildman–Crippen LogP) is 2.59. The fourth-order valence-electron chi connectivity index (χ4n) is 4.03. The third-order valence-corrected chi connectivity index (χ3v) is 5.40. The smallest absolute Gasteiger partial charge is 0.407 e. The zero-order valence-corrected chi connectivity index (χ0v) is 14.9. The van der Waals surface area contributed by atoms with Crippen LogP contribution in [0.3, 0.4) is 0 Å². The van der Waals surface area contributed by atoms with Gasteiger partial charge in [-0.2, -0.15) is 0 Å². The first kappa shape index (κ1) is 17.5. The SMILES string of the molecule is O=C(NCC1CN[C@H](C(=O)O)C1)OCC1c2ccccc2-c2ccccc21. The summed E-state index contributed by atoms with van der Waals surface area (Å²) in [6.07, 6.45) is 0.0505. The summed E-state index contributed by atoms with van der Waals surface area (Å²) in [5.74, 6) is -0.710. The molecule has 0 aromatic heterocycles. The van der Waals surface area contributed by atoms with Gasteiger partial charge in [0.15, 0.2) is 0 Å². The van der Waals surface area contributed by atoms with Crippen molar-refractivity contribution in [1.29, 1.82) is 0 Å². The van der Waals surface area contributed by atoms with Gasteiger partial charge in [-0.1, -0.05) is 48.5 Å². The summed E-state index contributed by atoms with van der Waals surface area (Å²) in [6, 6.07) is 15.9. The molecule has 6 nitrogen and oxygen atoms in total. The van der Waals surface area contributed by atoms with Gasteiger partial charge >= 0.3 is 12.1 Å². The summed E-state index contributed by atoms with van der Waals surface area (Å²) in [6.45, 7) is 1.27. The van der Waals surface area contributed by atoms with Gasteiger partial charge in [-0.15, -0.1) is 0 Å². The molecule has 6 heteroatoms. The van der Waals surface area contributed by atoms with Gasteiger partial charge in [-0.3, -0.25) is 4.79 Å². The normalized spacial score (nSPS) is 20.7. The molecule has 27 heavy (non-hydrogen) atoms. The second kappa shape index (κ2) is 7.40. The second-order valence-electron chi connectivity index (χ2n) is 7.11. The number of nitrogens with one attached hydrogen (secondary N) is 2. The Hall–Kier alpha value is -2.86. The Morgan fingerprint density at radius 1 is 1.07 bits per heavy atom. The predicted molar refractivity (Wildman–Crippen MR) is 101 cm³/mol. The lowest BCUT2D eigenvalue weighted by molar-refractivity contribution is -0.139. The molecule has 0 spiro atoms. The van der Waals surface area contributed by atoms with Crippen LogP contribution in [-0.2, 0) is 9.53 Å². The quantitative estimate of drug-likeness (QED) is 0.757. The van der Waals surface area contributed by atoms with E-state index in [0.29, 0.717) is 19.5 Å². The Balaban J connectivity index is 1.34. The van der Waals surface area contributed by atoms with Crippen LogP contribution < -0.4 is 10.6 Å². The molecule has 1 saturated heterocycles. The standard InChI is InChI=1S/C21H22N2O4/c24-20(25)19-9-13(10-22-19)11-23-21(26)27-12-18-16-7-3-1-5-14(16)15-6-2-4-8-17(15)18/h1-8,13,18-19,22H,9-12H2,(H,23,26)(H,24,25)/t13?,19-/m0/s1. The van der Waals surface area contributed by atoms with Crippen molar-refractivity contribution in [2.45, 2.75) is 18.4 Å². The fourth-order valence-corrected chi connectivity index (χ4v) is 4.03. The van der Waals surface area contributed by atoms with E-state index in [2.05, 4.69) is 34.9 Å². The van der Waals surface area contributed by atoms with Crippen molar-refractivity contribution in [2.75, 3.05) is 19.7 Å². The maximum Gasteiger partial charge on any atom is 0.407 e. The molecule has 140 valence electrons. The van der Waals surface area contributed by atoms with Crippen molar-refractivity contribution in [2.24, 2.45) is 5.92 Å². The van der Waals surface area contributed by atoms with E-state index in [-0.39, 0.29) is 18.4 Å². The lowest BCUT2D eigenvalue weighted by atomic mass is 9.98. The molecule has 2 aliphatic rings. The van der Waals surface area contributed by atoms with Crippen molar-refractivity contribution in [3.8, 4) is 11.1 Å². The number of alkyl carbamates (subject to hydrolysis) is 1. The molecule has 1 aliphatic carbocycles. The highest BCUT2D eigenvalue weighted by Gasteiger charge is 2.30. The van der Waals surface area contributed by atoms with E-state index in [1.54, 1.807) is 0 Å². The summed E-state index contributed by atoms with van der Waals surface area (Å²) in [7, 11) is 0. The molecule has 1 amide bonds. The fraction of sp³-hybridized carbons (Fsp3) is 0.333. The van der Waals surface area contributed by atoms with Gasteiger partial charge in [0.1, 0.15) is 12.6 Å². The molecular weight excluding hydrogens is 344 g/mol. The van der Waals surface area contributed by atoms with Gasteiger partial charge in [0.05, 0.1) is 0 Å². The molecule has 1 fully saturated rings. The van der Waals surface area contributed by atoms with Crippen molar-refractivity contribution in [3.63, 3.8) is 0 Å². The summed E-state index contributed by atoms with van der Waals surface area (Å²) in [5, 5.41) is 14.7. The Bertz CT molecular complexity index is 821. The molecule has 2 aromatic rings. The number of benzene rings is 2. The van der Waals surface area contributed by atoms with E-state index in [4.69, 9.17) is 9.84 Å². The highest BCUT2D eigenvalue weighted by atomic mass is 16.5. The molecule has 0 bridgehead atoms. The number of fused-ring (bicyclic) bond motifs is 3. The number of hydrogen-bond acceptors (Lipinski definition) is 4. The highest BCUT2D eigenvalue weighted by molar-refractivity contribution is 5.79. The summed E-state index contributed by atoms with van der Waals surface area (Å²) >= 11 is 0. The number of ether oxygens (including phenoxy) is 1. The molecule has 1 heterocycles. The Morgan fingerprint density at radius 2 is 1.70 bits per heavy atom. The van der Waals surface area contributed by atoms with Crippen LogP contribution in [-0.4, -0.2) is 42.9 Å². The van der Waals surface area contributed by atoms with Gasteiger partial charge in [0.25, 0.3) is 0 Å². The van der Waals surface area contributed by atoms with Crippen LogP contribution in [0.5, 0.6) is 0 Å². The minimum Gasteiger partial charge on any atom is -0.480 e. The van der Waals surface area contributed by atoms with E-state index in [0.717, 1.165) is 0 Å². The molecule has 4 rings (SSSR count). The lowest BCUT2D eigenvalue weighted by Crippen LogP contribution is -2.31. The third kappa shape index (κ3) is 3.53. The maximum atomic E-state index is 12.1. The topological polar surface area (TPSA) is 87.7 Å². The second-order valence-corrected chi connectivity index (χ2v) is 7.11. The number of aliphatic carboxylic acids is 1. The largest absolute Gasteiger partial charge is 0.480 e. The average Bonchev–Trinajstić information content (AvgIpc) is 3.28.